The Morgan fingerprint density at radius 3 is 2.23 bits per heavy atom. The van der Waals surface area contributed by atoms with Crippen LogP contribution in [0.25, 0.3) is 0 Å². The molecule has 4 nitrogen and oxygen atoms in total. The van der Waals surface area contributed by atoms with Crippen molar-refractivity contribution in [2.24, 2.45) is 5.73 Å². The van der Waals surface area contributed by atoms with Crippen molar-refractivity contribution in [1.29, 1.82) is 0 Å². The molecular weight excluding hydrogens is 192 g/mol. The van der Waals surface area contributed by atoms with Crippen LogP contribution in [0, 0.1) is 0 Å². The first-order valence-electron chi connectivity index (χ1n) is 4.32. The number of hydrogen-bond donors (Lipinski definition) is 2. The van der Waals surface area contributed by atoms with E-state index >= 15 is 0 Å². The number of rotatable bonds is 1. The molecule has 5 heteroatoms. The van der Waals surface area contributed by atoms with Crippen molar-refractivity contribution >= 4 is 18.5 Å². The number of hydrogen-bond acceptors (Lipinski definition) is 2. The fourth-order valence-corrected chi connectivity index (χ4v) is 1.65. The zero-order valence-corrected chi connectivity index (χ0v) is 8.59. The van der Waals surface area contributed by atoms with Crippen LogP contribution in [-0.4, -0.2) is 35.2 Å². The average molecular weight is 209 g/mol. The number of nitrogens with two attached hydrogens (primary N) is 1. The molecule has 1 amide bonds. The van der Waals surface area contributed by atoms with Crippen LogP contribution in [0.3, 0.4) is 0 Å². The van der Waals surface area contributed by atoms with E-state index in [9.17, 15) is 4.79 Å². The van der Waals surface area contributed by atoms with Crippen molar-refractivity contribution in [3.8, 4) is 0 Å². The van der Waals surface area contributed by atoms with Crippen molar-refractivity contribution in [2.45, 2.75) is 37.8 Å². The Labute approximate surface area is 84.5 Å². The lowest BCUT2D eigenvalue weighted by molar-refractivity contribution is 0.124. The monoisotopic (exact) mass is 208 g/mol. The van der Waals surface area contributed by atoms with E-state index in [4.69, 9.17) is 10.8 Å². The van der Waals surface area contributed by atoms with Crippen LogP contribution in [-0.2, 0) is 0 Å². The third-order valence-electron chi connectivity index (χ3n) is 2.59. The molecule has 0 atom stereocenters. The second-order valence-electron chi connectivity index (χ2n) is 3.46. The molecule has 0 radical (unpaired) electrons. The molecule has 0 spiro atoms. The van der Waals surface area contributed by atoms with Crippen LogP contribution in [0.2, 0.25) is 0 Å². The van der Waals surface area contributed by atoms with Crippen LogP contribution in [0.4, 0.5) is 4.79 Å². The van der Waals surface area contributed by atoms with Crippen LogP contribution in [0.1, 0.15) is 25.7 Å². The Morgan fingerprint density at radius 1 is 1.38 bits per heavy atom. The molecule has 0 aromatic carbocycles. The molecular formula is C8H17ClN2O2. The van der Waals surface area contributed by atoms with Crippen molar-refractivity contribution in [1.82, 2.24) is 4.90 Å². The molecule has 1 rings (SSSR count). The molecule has 1 fully saturated rings. The summed E-state index contributed by atoms with van der Waals surface area (Å²) < 4.78 is 0. The Kier molecular flexibility index (Phi) is 5.10. The zero-order chi connectivity index (χ0) is 9.14. The molecule has 3 N–H and O–H groups in total. The van der Waals surface area contributed by atoms with Crippen molar-refractivity contribution in [3.05, 3.63) is 0 Å². The van der Waals surface area contributed by atoms with Gasteiger partial charge in [-0.15, -0.1) is 12.4 Å². The van der Waals surface area contributed by atoms with Gasteiger partial charge in [0.1, 0.15) is 0 Å². The second-order valence-corrected chi connectivity index (χ2v) is 3.46. The minimum Gasteiger partial charge on any atom is -0.465 e. The van der Waals surface area contributed by atoms with Crippen LogP contribution >= 0.6 is 12.4 Å². The lowest BCUT2D eigenvalue weighted by Crippen LogP contribution is -2.41. The average Bonchev–Trinajstić information content (AvgIpc) is 2.04. The van der Waals surface area contributed by atoms with Gasteiger partial charge in [0.05, 0.1) is 0 Å². The van der Waals surface area contributed by atoms with Crippen molar-refractivity contribution < 1.29 is 9.90 Å². The molecule has 78 valence electrons. The largest absolute Gasteiger partial charge is 0.465 e. The molecule has 0 unspecified atom stereocenters. The summed E-state index contributed by atoms with van der Waals surface area (Å²) in [5.74, 6) is 0. The summed E-state index contributed by atoms with van der Waals surface area (Å²) >= 11 is 0. The van der Waals surface area contributed by atoms with Gasteiger partial charge in [-0.1, -0.05) is 0 Å². The Hall–Kier alpha value is -0.480. The van der Waals surface area contributed by atoms with Crippen LogP contribution < -0.4 is 5.73 Å². The first-order chi connectivity index (χ1) is 5.61. The van der Waals surface area contributed by atoms with E-state index in [-0.39, 0.29) is 24.5 Å². The highest BCUT2D eigenvalue weighted by molar-refractivity contribution is 5.85. The number of halogens is 1. The van der Waals surface area contributed by atoms with Crippen LogP contribution in [0.5, 0.6) is 0 Å². The number of nitrogens with zero attached hydrogens (tertiary/aromatic N) is 1. The first kappa shape index (κ1) is 12.5. The third kappa shape index (κ3) is 3.40. The smallest absolute Gasteiger partial charge is 0.407 e. The lowest BCUT2D eigenvalue weighted by atomic mass is 9.91. The van der Waals surface area contributed by atoms with Crippen molar-refractivity contribution in [2.75, 3.05) is 7.05 Å². The highest BCUT2D eigenvalue weighted by Gasteiger charge is 2.24. The maximum absolute atomic E-state index is 10.6. The van der Waals surface area contributed by atoms with Gasteiger partial charge in [-0.3, -0.25) is 0 Å². The second kappa shape index (κ2) is 5.29. The maximum atomic E-state index is 10.6. The Morgan fingerprint density at radius 2 is 1.85 bits per heavy atom. The van der Waals surface area contributed by atoms with Gasteiger partial charge in [0.15, 0.2) is 0 Å². The van der Waals surface area contributed by atoms with E-state index in [1.54, 1.807) is 7.05 Å². The number of amides is 1. The molecule has 0 aromatic heterocycles. The molecule has 1 aliphatic rings. The fourth-order valence-electron chi connectivity index (χ4n) is 1.65. The summed E-state index contributed by atoms with van der Waals surface area (Å²) in [6.07, 6.45) is 2.87. The predicted molar refractivity (Wildman–Crippen MR) is 53.3 cm³/mol. The van der Waals surface area contributed by atoms with Gasteiger partial charge in [0, 0.05) is 19.1 Å². The predicted octanol–water partition coefficient (Wildman–Crippen LogP) is 1.29. The van der Waals surface area contributed by atoms with E-state index in [0.29, 0.717) is 0 Å². The molecule has 0 aliphatic heterocycles. The van der Waals surface area contributed by atoms with E-state index in [1.807, 2.05) is 0 Å². The standard InChI is InChI=1S/C8H16N2O2.ClH/c1-10(8(11)12)7-4-2-6(9)3-5-7;/h6-7H,2-5,9H2,1H3,(H,11,12);1H/t6-,7-;. The summed E-state index contributed by atoms with van der Waals surface area (Å²) in [7, 11) is 1.63. The van der Waals surface area contributed by atoms with Gasteiger partial charge in [-0.2, -0.15) is 0 Å². The Balaban J connectivity index is 0.00000144. The molecule has 13 heavy (non-hydrogen) atoms. The molecule has 0 saturated heterocycles. The summed E-state index contributed by atoms with van der Waals surface area (Å²) in [5.41, 5.74) is 5.71. The van der Waals surface area contributed by atoms with E-state index < -0.39 is 6.09 Å². The third-order valence-corrected chi connectivity index (χ3v) is 2.59. The van der Waals surface area contributed by atoms with Gasteiger partial charge in [0.25, 0.3) is 0 Å². The van der Waals surface area contributed by atoms with E-state index in [0.717, 1.165) is 25.7 Å². The van der Waals surface area contributed by atoms with E-state index in [2.05, 4.69) is 0 Å². The van der Waals surface area contributed by atoms with E-state index in [1.165, 1.54) is 4.90 Å². The molecule has 0 bridgehead atoms. The molecule has 1 saturated carbocycles. The van der Waals surface area contributed by atoms with Gasteiger partial charge in [0.2, 0.25) is 0 Å². The van der Waals surface area contributed by atoms with Gasteiger partial charge in [-0.05, 0) is 25.7 Å². The maximum Gasteiger partial charge on any atom is 0.407 e. The van der Waals surface area contributed by atoms with Gasteiger partial charge < -0.3 is 15.7 Å². The van der Waals surface area contributed by atoms with Crippen LogP contribution in [0.15, 0.2) is 0 Å². The summed E-state index contributed by atoms with van der Waals surface area (Å²) in [5, 5.41) is 8.69. The summed E-state index contributed by atoms with van der Waals surface area (Å²) in [6.45, 7) is 0. The number of carboxylic acid groups (broad SMARTS) is 1. The highest BCUT2D eigenvalue weighted by Crippen LogP contribution is 2.20. The quantitative estimate of drug-likeness (QED) is 0.683. The van der Waals surface area contributed by atoms with Gasteiger partial charge in [-0.25, -0.2) is 4.79 Å². The zero-order valence-electron chi connectivity index (χ0n) is 7.77. The lowest BCUT2D eigenvalue weighted by Gasteiger charge is -2.31. The number of carbonyl (C=O) groups is 1. The van der Waals surface area contributed by atoms with Crippen molar-refractivity contribution in [3.63, 3.8) is 0 Å². The SMILES string of the molecule is CN(C(=O)O)[C@H]1CC[C@H](N)CC1.Cl. The molecule has 1 aliphatic carbocycles. The summed E-state index contributed by atoms with van der Waals surface area (Å²) in [4.78, 5) is 12.0. The minimum absolute atomic E-state index is 0. The fraction of sp³-hybridized carbons (Fsp3) is 0.875. The topological polar surface area (TPSA) is 66.6 Å². The summed E-state index contributed by atoms with van der Waals surface area (Å²) in [6, 6.07) is 0.464. The highest BCUT2D eigenvalue weighted by atomic mass is 35.5. The minimum atomic E-state index is -0.838. The molecule has 0 heterocycles. The first-order valence-corrected chi connectivity index (χ1v) is 4.32. The van der Waals surface area contributed by atoms with Gasteiger partial charge >= 0.3 is 6.09 Å². The molecule has 0 aromatic rings. The Bertz CT molecular complexity index is 170. The normalized spacial score (nSPS) is 27.5.